The Bertz CT molecular complexity index is 632. The lowest BCUT2D eigenvalue weighted by atomic mass is 9.87. The first-order valence-corrected chi connectivity index (χ1v) is 8.41. The van der Waals surface area contributed by atoms with Crippen molar-refractivity contribution in [3.05, 3.63) is 29.8 Å². The summed E-state index contributed by atoms with van der Waals surface area (Å²) >= 11 is 0. The molecule has 7 nitrogen and oxygen atoms in total. The molecule has 0 aromatic heterocycles. The number of hydrogen-bond acceptors (Lipinski definition) is 5. The van der Waals surface area contributed by atoms with Crippen molar-refractivity contribution in [3.8, 4) is 5.75 Å². The predicted molar refractivity (Wildman–Crippen MR) is 97.9 cm³/mol. The van der Waals surface area contributed by atoms with Crippen molar-refractivity contribution < 1.29 is 23.9 Å². The van der Waals surface area contributed by atoms with Crippen molar-refractivity contribution in [1.82, 2.24) is 10.2 Å². The molecule has 0 saturated heterocycles. The molecule has 0 spiro atoms. The Morgan fingerprint density at radius 1 is 1.12 bits per heavy atom. The number of ether oxygens (including phenoxy) is 2. The van der Waals surface area contributed by atoms with E-state index in [1.54, 1.807) is 33.2 Å². The van der Waals surface area contributed by atoms with E-state index in [0.29, 0.717) is 5.75 Å². The van der Waals surface area contributed by atoms with Crippen LogP contribution in [0.15, 0.2) is 24.3 Å². The maximum Gasteiger partial charge on any atom is 0.347 e. The minimum atomic E-state index is -0.855. The number of esters is 1. The van der Waals surface area contributed by atoms with Crippen molar-refractivity contribution >= 4 is 17.8 Å². The zero-order chi connectivity index (χ0) is 19.9. The Morgan fingerprint density at radius 3 is 2.19 bits per heavy atom. The number of carbonyl (C=O) groups excluding carboxylic acids is 3. The van der Waals surface area contributed by atoms with E-state index < -0.39 is 24.6 Å². The second kappa shape index (κ2) is 9.22. The van der Waals surface area contributed by atoms with Crippen LogP contribution in [0.25, 0.3) is 0 Å². The van der Waals surface area contributed by atoms with Gasteiger partial charge in [-0.25, -0.2) is 4.79 Å². The normalized spacial score (nSPS) is 12.1. The van der Waals surface area contributed by atoms with Crippen LogP contribution >= 0.6 is 0 Å². The van der Waals surface area contributed by atoms with Gasteiger partial charge in [0.1, 0.15) is 5.75 Å². The van der Waals surface area contributed by atoms with Gasteiger partial charge in [0.2, 0.25) is 5.91 Å². The van der Waals surface area contributed by atoms with E-state index in [0.717, 1.165) is 5.56 Å². The molecule has 1 atom stereocenters. The number of hydrogen-bond donors (Lipinski definition) is 1. The number of rotatable bonds is 7. The molecule has 1 aromatic carbocycles. The third-order valence-electron chi connectivity index (χ3n) is 3.65. The van der Waals surface area contributed by atoms with Crippen LogP contribution in [0.5, 0.6) is 5.75 Å². The summed E-state index contributed by atoms with van der Waals surface area (Å²) in [7, 11) is 3.17. The number of likely N-dealkylation sites (N-methyl/N-ethyl adjacent to an activating group) is 1. The molecule has 2 amide bonds. The SMILES string of the molecule is C[C@H](Oc1ccc(C(C)(C)C)cc1)C(=O)OCC(=O)NCC(=O)N(C)C. The van der Waals surface area contributed by atoms with Gasteiger partial charge in [-0.05, 0) is 30.0 Å². The first-order chi connectivity index (χ1) is 12.0. The van der Waals surface area contributed by atoms with Crippen molar-refractivity contribution in [3.63, 3.8) is 0 Å². The summed E-state index contributed by atoms with van der Waals surface area (Å²) in [4.78, 5) is 36.2. The van der Waals surface area contributed by atoms with Crippen molar-refractivity contribution in [2.24, 2.45) is 0 Å². The highest BCUT2D eigenvalue weighted by atomic mass is 16.6. The molecule has 0 aliphatic rings. The summed E-state index contributed by atoms with van der Waals surface area (Å²) in [6.45, 7) is 7.28. The maximum absolute atomic E-state index is 11.9. The third-order valence-corrected chi connectivity index (χ3v) is 3.65. The minimum absolute atomic E-state index is 0.0321. The predicted octanol–water partition coefficient (Wildman–Crippen LogP) is 1.50. The van der Waals surface area contributed by atoms with Gasteiger partial charge < -0.3 is 19.7 Å². The molecule has 144 valence electrons. The molecule has 0 heterocycles. The van der Waals surface area contributed by atoms with Crippen molar-refractivity contribution in [2.45, 2.75) is 39.2 Å². The molecule has 0 unspecified atom stereocenters. The van der Waals surface area contributed by atoms with Gasteiger partial charge in [0.25, 0.3) is 5.91 Å². The monoisotopic (exact) mass is 364 g/mol. The summed E-state index contributed by atoms with van der Waals surface area (Å²) < 4.78 is 10.4. The van der Waals surface area contributed by atoms with Crippen LogP contribution in [-0.2, 0) is 24.5 Å². The van der Waals surface area contributed by atoms with E-state index >= 15 is 0 Å². The van der Waals surface area contributed by atoms with Gasteiger partial charge in [-0.2, -0.15) is 0 Å². The molecule has 0 radical (unpaired) electrons. The van der Waals surface area contributed by atoms with Crippen LogP contribution in [-0.4, -0.2) is 56.0 Å². The number of nitrogens with one attached hydrogen (secondary N) is 1. The van der Waals surface area contributed by atoms with Crippen molar-refractivity contribution in [2.75, 3.05) is 27.2 Å². The molecule has 0 aliphatic heterocycles. The third kappa shape index (κ3) is 7.13. The summed E-state index contributed by atoms with van der Waals surface area (Å²) in [5.41, 5.74) is 1.19. The molecule has 7 heteroatoms. The molecular weight excluding hydrogens is 336 g/mol. The average Bonchev–Trinajstić information content (AvgIpc) is 2.56. The van der Waals surface area contributed by atoms with Crippen LogP contribution in [0.4, 0.5) is 0 Å². The number of nitrogens with zero attached hydrogens (tertiary/aromatic N) is 1. The Labute approximate surface area is 154 Å². The molecule has 1 N–H and O–H groups in total. The Kier molecular flexibility index (Phi) is 7.61. The minimum Gasteiger partial charge on any atom is -0.479 e. The summed E-state index contributed by atoms with van der Waals surface area (Å²) in [5.74, 6) is -0.905. The van der Waals surface area contributed by atoms with Gasteiger partial charge in [0.15, 0.2) is 12.7 Å². The molecular formula is C19H28N2O5. The van der Waals surface area contributed by atoms with Gasteiger partial charge in [-0.3, -0.25) is 9.59 Å². The van der Waals surface area contributed by atoms with E-state index in [9.17, 15) is 14.4 Å². The molecule has 0 fully saturated rings. The molecule has 26 heavy (non-hydrogen) atoms. The van der Waals surface area contributed by atoms with Crippen LogP contribution in [0.3, 0.4) is 0 Å². The molecule has 1 aromatic rings. The second-order valence-electron chi connectivity index (χ2n) is 7.21. The summed E-state index contributed by atoms with van der Waals surface area (Å²) in [5, 5.41) is 2.38. The fourth-order valence-electron chi connectivity index (χ4n) is 1.92. The quantitative estimate of drug-likeness (QED) is 0.741. The largest absolute Gasteiger partial charge is 0.479 e. The van der Waals surface area contributed by atoms with E-state index in [4.69, 9.17) is 9.47 Å². The van der Waals surface area contributed by atoms with Crippen molar-refractivity contribution in [1.29, 1.82) is 0 Å². The first kappa shape index (κ1) is 21.5. The molecule has 0 saturated carbocycles. The Hall–Kier alpha value is -2.57. The zero-order valence-corrected chi connectivity index (χ0v) is 16.3. The highest BCUT2D eigenvalue weighted by Gasteiger charge is 2.19. The van der Waals surface area contributed by atoms with Gasteiger partial charge in [-0.15, -0.1) is 0 Å². The van der Waals surface area contributed by atoms with Gasteiger partial charge in [0.05, 0.1) is 6.54 Å². The molecule has 0 bridgehead atoms. The highest BCUT2D eigenvalue weighted by molar-refractivity contribution is 5.86. The van der Waals surface area contributed by atoms with Gasteiger partial charge >= 0.3 is 5.97 Å². The van der Waals surface area contributed by atoms with E-state index in [2.05, 4.69) is 26.1 Å². The number of amides is 2. The second-order valence-corrected chi connectivity index (χ2v) is 7.21. The first-order valence-electron chi connectivity index (χ1n) is 8.41. The van der Waals surface area contributed by atoms with Gasteiger partial charge in [0, 0.05) is 14.1 Å². The number of carbonyl (C=O) groups is 3. The molecule has 0 aliphatic carbocycles. The van der Waals surface area contributed by atoms with Gasteiger partial charge in [-0.1, -0.05) is 32.9 Å². The Morgan fingerprint density at radius 2 is 1.69 bits per heavy atom. The summed E-state index contributed by atoms with van der Waals surface area (Å²) in [6, 6.07) is 7.49. The fraction of sp³-hybridized carbons (Fsp3) is 0.526. The van der Waals surface area contributed by atoms with Crippen LogP contribution in [0.2, 0.25) is 0 Å². The Balaban J connectivity index is 2.43. The van der Waals surface area contributed by atoms with Crippen LogP contribution in [0.1, 0.15) is 33.3 Å². The topological polar surface area (TPSA) is 84.9 Å². The van der Waals surface area contributed by atoms with E-state index in [-0.39, 0.29) is 17.9 Å². The maximum atomic E-state index is 11.9. The summed E-state index contributed by atoms with van der Waals surface area (Å²) in [6.07, 6.45) is -0.855. The van der Waals surface area contributed by atoms with E-state index in [1.165, 1.54) is 4.90 Å². The molecule has 1 rings (SSSR count). The lowest BCUT2D eigenvalue weighted by Gasteiger charge is -2.20. The fourth-order valence-corrected chi connectivity index (χ4v) is 1.92. The smallest absolute Gasteiger partial charge is 0.347 e. The lowest BCUT2D eigenvalue weighted by molar-refractivity contribution is -0.154. The standard InChI is InChI=1S/C19H28N2O5/c1-13(26-15-9-7-14(8-10-15)19(2,3)4)18(24)25-12-16(22)20-11-17(23)21(5)6/h7-10,13H,11-12H2,1-6H3,(H,20,22)/t13-/m0/s1. The van der Waals surface area contributed by atoms with Crippen LogP contribution in [0, 0.1) is 0 Å². The lowest BCUT2D eigenvalue weighted by Crippen LogP contribution is -2.39. The zero-order valence-electron chi connectivity index (χ0n) is 16.3. The average molecular weight is 364 g/mol. The number of benzene rings is 1. The van der Waals surface area contributed by atoms with E-state index in [1.807, 2.05) is 12.1 Å². The van der Waals surface area contributed by atoms with Crippen LogP contribution < -0.4 is 10.1 Å². The highest BCUT2D eigenvalue weighted by Crippen LogP contribution is 2.24.